The number of para-hydroxylation sites is 2. The molecule has 1 aliphatic rings. The molecule has 0 aliphatic heterocycles. The maximum absolute atomic E-state index is 12.7. The number of amides is 1. The average Bonchev–Trinajstić information content (AvgIpc) is 3.44. The van der Waals surface area contributed by atoms with Gasteiger partial charge in [-0.15, -0.1) is 0 Å². The minimum atomic E-state index is -4.42. The van der Waals surface area contributed by atoms with Crippen molar-refractivity contribution in [1.82, 2.24) is 19.9 Å². The number of ether oxygens (including phenoxy) is 1. The van der Waals surface area contributed by atoms with E-state index in [1.165, 1.54) is 12.3 Å². The summed E-state index contributed by atoms with van der Waals surface area (Å²) >= 11 is 0. The molecule has 0 saturated heterocycles. The Morgan fingerprint density at radius 2 is 2.07 bits per heavy atom. The molecule has 0 radical (unpaired) electrons. The SMILES string of the molecule is C[C@@H](NC(=O)[C@@H]1C[C@H]1c1nc2ccccc2n1C)c1ccc(OCC(F)(F)F)nc1. The van der Waals surface area contributed by atoms with Gasteiger partial charge in [0.15, 0.2) is 6.61 Å². The predicted octanol–water partition coefficient (Wildman–Crippen LogP) is 3.89. The van der Waals surface area contributed by atoms with Crippen molar-refractivity contribution in [3.05, 3.63) is 54.0 Å². The molecule has 2 heterocycles. The van der Waals surface area contributed by atoms with Crippen molar-refractivity contribution in [2.75, 3.05) is 6.61 Å². The van der Waals surface area contributed by atoms with Crippen molar-refractivity contribution in [2.24, 2.45) is 13.0 Å². The molecule has 1 aliphatic carbocycles. The summed E-state index contributed by atoms with van der Waals surface area (Å²) in [6, 6.07) is 10.5. The smallest absolute Gasteiger partial charge is 0.422 e. The number of nitrogens with zero attached hydrogens (tertiary/aromatic N) is 3. The van der Waals surface area contributed by atoms with Crippen LogP contribution >= 0.6 is 0 Å². The minimum Gasteiger partial charge on any atom is -0.468 e. The normalized spacial score (nSPS) is 19.5. The third-order valence-electron chi connectivity index (χ3n) is 5.28. The number of halogens is 3. The van der Waals surface area contributed by atoms with Gasteiger partial charge in [0.1, 0.15) is 5.82 Å². The molecule has 6 nitrogen and oxygen atoms in total. The number of carbonyl (C=O) groups is 1. The Balaban J connectivity index is 1.35. The van der Waals surface area contributed by atoms with Gasteiger partial charge in [0.25, 0.3) is 0 Å². The molecule has 9 heteroatoms. The van der Waals surface area contributed by atoms with Gasteiger partial charge in [-0.25, -0.2) is 9.97 Å². The topological polar surface area (TPSA) is 69.0 Å². The lowest BCUT2D eigenvalue weighted by Crippen LogP contribution is -2.28. The largest absolute Gasteiger partial charge is 0.468 e. The number of benzene rings is 1. The van der Waals surface area contributed by atoms with E-state index in [0.717, 1.165) is 23.3 Å². The number of fused-ring (bicyclic) bond motifs is 1. The van der Waals surface area contributed by atoms with Crippen molar-refractivity contribution in [3.8, 4) is 5.88 Å². The summed E-state index contributed by atoms with van der Waals surface area (Å²) in [5.74, 6) is 0.642. The summed E-state index contributed by atoms with van der Waals surface area (Å²) in [4.78, 5) is 21.2. The van der Waals surface area contributed by atoms with Gasteiger partial charge in [-0.3, -0.25) is 4.79 Å². The van der Waals surface area contributed by atoms with E-state index in [2.05, 4.69) is 20.0 Å². The van der Waals surface area contributed by atoms with Crippen LogP contribution in [0.25, 0.3) is 11.0 Å². The van der Waals surface area contributed by atoms with Crippen LogP contribution in [-0.4, -0.2) is 33.2 Å². The first-order valence-corrected chi connectivity index (χ1v) is 9.60. The lowest BCUT2D eigenvalue weighted by molar-refractivity contribution is -0.154. The molecule has 0 spiro atoms. The van der Waals surface area contributed by atoms with Crippen molar-refractivity contribution >= 4 is 16.9 Å². The van der Waals surface area contributed by atoms with Crippen LogP contribution in [0, 0.1) is 5.92 Å². The predicted molar refractivity (Wildman–Crippen MR) is 104 cm³/mol. The summed E-state index contributed by atoms with van der Waals surface area (Å²) in [5, 5.41) is 2.95. The second-order valence-corrected chi connectivity index (χ2v) is 7.53. The fourth-order valence-corrected chi connectivity index (χ4v) is 3.56. The van der Waals surface area contributed by atoms with Gasteiger partial charge < -0.3 is 14.6 Å². The average molecular weight is 418 g/mol. The van der Waals surface area contributed by atoms with Gasteiger partial charge in [-0.2, -0.15) is 13.2 Å². The van der Waals surface area contributed by atoms with E-state index in [0.29, 0.717) is 5.56 Å². The zero-order chi connectivity index (χ0) is 21.5. The van der Waals surface area contributed by atoms with Crippen LogP contribution in [0.15, 0.2) is 42.6 Å². The van der Waals surface area contributed by atoms with E-state index < -0.39 is 12.8 Å². The van der Waals surface area contributed by atoms with Crippen molar-refractivity contribution < 1.29 is 22.7 Å². The van der Waals surface area contributed by atoms with Crippen LogP contribution < -0.4 is 10.1 Å². The molecule has 3 aromatic rings. The molecule has 1 aromatic carbocycles. The number of imidazole rings is 1. The molecule has 1 saturated carbocycles. The van der Waals surface area contributed by atoms with Crippen LogP contribution in [0.2, 0.25) is 0 Å². The third kappa shape index (κ3) is 4.24. The Bertz CT molecular complexity index is 1060. The first kappa shape index (κ1) is 20.2. The summed E-state index contributed by atoms with van der Waals surface area (Å²) in [6.07, 6.45) is -2.27. The molecule has 0 bridgehead atoms. The fourth-order valence-electron chi connectivity index (χ4n) is 3.56. The second kappa shape index (κ2) is 7.62. The summed E-state index contributed by atoms with van der Waals surface area (Å²) in [5.41, 5.74) is 2.63. The van der Waals surface area contributed by atoms with Crippen LogP contribution in [0.5, 0.6) is 5.88 Å². The monoisotopic (exact) mass is 418 g/mol. The number of rotatable bonds is 6. The highest BCUT2D eigenvalue weighted by Crippen LogP contribution is 2.47. The Hall–Kier alpha value is -3.10. The molecule has 158 valence electrons. The molecule has 30 heavy (non-hydrogen) atoms. The van der Waals surface area contributed by atoms with Crippen LogP contribution in [0.4, 0.5) is 13.2 Å². The maximum Gasteiger partial charge on any atom is 0.422 e. The van der Waals surface area contributed by atoms with E-state index in [-0.39, 0.29) is 29.7 Å². The van der Waals surface area contributed by atoms with Crippen LogP contribution in [0.1, 0.15) is 36.7 Å². The minimum absolute atomic E-state index is 0.0723. The molecule has 1 fully saturated rings. The summed E-state index contributed by atoms with van der Waals surface area (Å²) in [6.45, 7) is 0.411. The van der Waals surface area contributed by atoms with Gasteiger partial charge in [0.2, 0.25) is 11.8 Å². The quantitative estimate of drug-likeness (QED) is 0.660. The first-order chi connectivity index (χ1) is 14.2. The van der Waals surface area contributed by atoms with Gasteiger partial charge in [0.05, 0.1) is 17.1 Å². The highest BCUT2D eigenvalue weighted by atomic mass is 19.4. The molecule has 4 rings (SSSR count). The number of nitrogens with one attached hydrogen (secondary N) is 1. The van der Waals surface area contributed by atoms with E-state index in [1.54, 1.807) is 13.0 Å². The van der Waals surface area contributed by atoms with E-state index >= 15 is 0 Å². The number of hydrogen-bond donors (Lipinski definition) is 1. The molecular formula is C21H21F3N4O2. The van der Waals surface area contributed by atoms with Gasteiger partial charge in [0, 0.05) is 31.1 Å². The number of carbonyl (C=O) groups excluding carboxylic acids is 1. The molecule has 1 amide bonds. The Morgan fingerprint density at radius 3 is 2.73 bits per heavy atom. The van der Waals surface area contributed by atoms with Gasteiger partial charge >= 0.3 is 6.18 Å². The van der Waals surface area contributed by atoms with Crippen LogP contribution in [0.3, 0.4) is 0 Å². The van der Waals surface area contributed by atoms with Crippen molar-refractivity contribution in [2.45, 2.75) is 31.5 Å². The van der Waals surface area contributed by atoms with Gasteiger partial charge in [-0.1, -0.05) is 18.2 Å². The standard InChI is InChI=1S/C21H21F3N4O2/c1-12(13-7-8-18(25-10-13)30-11-21(22,23)24)26-20(29)15-9-14(15)19-27-16-5-3-4-6-17(16)28(19)2/h3-8,10,12,14-15H,9,11H2,1-2H3,(H,26,29)/t12-,14-,15-/m1/s1. The zero-order valence-corrected chi connectivity index (χ0v) is 16.5. The molecule has 1 N–H and O–H groups in total. The number of alkyl halides is 3. The summed E-state index contributed by atoms with van der Waals surface area (Å²) in [7, 11) is 1.95. The first-order valence-electron chi connectivity index (χ1n) is 9.60. The Kier molecular flexibility index (Phi) is 5.13. The fraction of sp³-hybridized carbons (Fsp3) is 0.381. The maximum atomic E-state index is 12.7. The lowest BCUT2D eigenvalue weighted by Gasteiger charge is -2.15. The highest BCUT2D eigenvalue weighted by molar-refractivity contribution is 5.83. The number of hydrogen-bond acceptors (Lipinski definition) is 4. The second-order valence-electron chi connectivity index (χ2n) is 7.53. The molecular weight excluding hydrogens is 397 g/mol. The number of aromatic nitrogens is 3. The highest BCUT2D eigenvalue weighted by Gasteiger charge is 2.47. The van der Waals surface area contributed by atoms with Crippen molar-refractivity contribution in [1.29, 1.82) is 0 Å². The van der Waals surface area contributed by atoms with Crippen molar-refractivity contribution in [3.63, 3.8) is 0 Å². The zero-order valence-electron chi connectivity index (χ0n) is 16.5. The lowest BCUT2D eigenvalue weighted by atomic mass is 10.1. The summed E-state index contributed by atoms with van der Waals surface area (Å²) < 4.78 is 43.3. The molecule has 3 atom stereocenters. The van der Waals surface area contributed by atoms with E-state index in [9.17, 15) is 18.0 Å². The number of pyridine rings is 1. The number of aryl methyl sites for hydroxylation is 1. The molecule has 0 unspecified atom stereocenters. The Morgan fingerprint density at radius 1 is 1.30 bits per heavy atom. The van der Waals surface area contributed by atoms with Crippen LogP contribution in [-0.2, 0) is 11.8 Å². The van der Waals surface area contributed by atoms with Gasteiger partial charge in [-0.05, 0) is 31.0 Å². The Labute approximate surface area is 171 Å². The third-order valence-corrected chi connectivity index (χ3v) is 5.28. The van der Waals surface area contributed by atoms with E-state index in [4.69, 9.17) is 0 Å². The van der Waals surface area contributed by atoms with E-state index in [1.807, 2.05) is 35.9 Å². The molecule has 2 aromatic heterocycles.